The van der Waals surface area contributed by atoms with E-state index >= 15 is 0 Å². The predicted octanol–water partition coefficient (Wildman–Crippen LogP) is 4.66. The van der Waals surface area contributed by atoms with Crippen LogP contribution in [0.4, 0.5) is 20.3 Å². The van der Waals surface area contributed by atoms with Crippen molar-refractivity contribution in [2.45, 2.75) is 19.3 Å². The minimum Gasteiger partial charge on any atom is -0.357 e. The Hall–Kier alpha value is -3.35. The van der Waals surface area contributed by atoms with Crippen LogP contribution in [0.2, 0.25) is 0 Å². The van der Waals surface area contributed by atoms with Crippen molar-refractivity contribution in [3.8, 4) is 11.3 Å². The van der Waals surface area contributed by atoms with Crippen LogP contribution >= 0.6 is 0 Å². The van der Waals surface area contributed by atoms with Gasteiger partial charge in [-0.3, -0.25) is 4.79 Å². The SMILES string of the molecule is O=C(Nc1cc(F)cc(F)c1)c1ccc(-c2cc(N3CCCCC3)ncn2)cc1. The normalized spacial score (nSPS) is 13.9. The highest BCUT2D eigenvalue weighted by atomic mass is 19.1. The van der Waals surface area contributed by atoms with Crippen LogP contribution in [0.25, 0.3) is 11.3 Å². The molecule has 2 heterocycles. The van der Waals surface area contributed by atoms with E-state index in [0.29, 0.717) is 5.56 Å². The van der Waals surface area contributed by atoms with Crippen LogP contribution in [-0.4, -0.2) is 29.0 Å². The summed E-state index contributed by atoms with van der Waals surface area (Å²) in [5.41, 5.74) is 2.08. The van der Waals surface area contributed by atoms with Crippen LogP contribution < -0.4 is 10.2 Å². The highest BCUT2D eigenvalue weighted by molar-refractivity contribution is 6.04. The number of rotatable bonds is 4. The number of carbonyl (C=O) groups excluding carboxylic acids is 1. The second-order valence-corrected chi connectivity index (χ2v) is 7.00. The monoisotopic (exact) mass is 394 g/mol. The molecule has 0 unspecified atom stereocenters. The summed E-state index contributed by atoms with van der Waals surface area (Å²) in [5, 5.41) is 2.50. The summed E-state index contributed by atoms with van der Waals surface area (Å²) in [4.78, 5) is 23.3. The number of halogens is 2. The maximum absolute atomic E-state index is 13.3. The Kier molecular flexibility index (Phi) is 5.46. The Morgan fingerprint density at radius 1 is 0.897 bits per heavy atom. The van der Waals surface area contributed by atoms with Gasteiger partial charge in [-0.2, -0.15) is 0 Å². The van der Waals surface area contributed by atoms with Crippen molar-refractivity contribution in [2.24, 2.45) is 0 Å². The first kappa shape index (κ1) is 19.0. The average molecular weight is 394 g/mol. The van der Waals surface area contributed by atoms with Gasteiger partial charge in [-0.05, 0) is 43.5 Å². The summed E-state index contributed by atoms with van der Waals surface area (Å²) in [5.74, 6) is -1.03. The van der Waals surface area contributed by atoms with Gasteiger partial charge < -0.3 is 10.2 Å². The lowest BCUT2D eigenvalue weighted by Crippen LogP contribution is -2.30. The summed E-state index contributed by atoms with van der Waals surface area (Å²) in [6, 6.07) is 11.7. The van der Waals surface area contributed by atoms with Crippen molar-refractivity contribution in [3.63, 3.8) is 0 Å². The number of benzene rings is 2. The fourth-order valence-corrected chi connectivity index (χ4v) is 3.42. The number of piperidine rings is 1. The van der Waals surface area contributed by atoms with Crippen molar-refractivity contribution in [2.75, 3.05) is 23.3 Å². The third-order valence-corrected chi connectivity index (χ3v) is 4.90. The molecule has 3 aromatic rings. The third-order valence-electron chi connectivity index (χ3n) is 4.90. The summed E-state index contributed by atoms with van der Waals surface area (Å²) in [6.07, 6.45) is 5.13. The van der Waals surface area contributed by atoms with Crippen LogP contribution in [0.15, 0.2) is 54.9 Å². The molecule has 1 saturated heterocycles. The van der Waals surface area contributed by atoms with E-state index < -0.39 is 17.5 Å². The largest absolute Gasteiger partial charge is 0.357 e. The van der Waals surface area contributed by atoms with Gasteiger partial charge in [0.15, 0.2) is 0 Å². The number of carbonyl (C=O) groups is 1. The molecule has 4 rings (SSSR count). The standard InChI is InChI=1S/C22H20F2N4O/c23-17-10-18(24)12-19(11-17)27-22(29)16-6-4-15(5-7-16)20-13-21(26-14-25-20)28-8-2-1-3-9-28/h4-7,10-14H,1-3,8-9H2,(H,27,29). The zero-order valence-electron chi connectivity index (χ0n) is 15.7. The second-order valence-electron chi connectivity index (χ2n) is 7.00. The number of anilines is 2. The third kappa shape index (κ3) is 4.56. The number of hydrogen-bond acceptors (Lipinski definition) is 4. The van der Waals surface area contributed by atoms with E-state index in [2.05, 4.69) is 20.2 Å². The zero-order valence-corrected chi connectivity index (χ0v) is 15.7. The van der Waals surface area contributed by atoms with E-state index in [4.69, 9.17) is 0 Å². The van der Waals surface area contributed by atoms with Gasteiger partial charge in [-0.1, -0.05) is 12.1 Å². The van der Waals surface area contributed by atoms with Crippen molar-refractivity contribution >= 4 is 17.4 Å². The topological polar surface area (TPSA) is 58.1 Å². The maximum Gasteiger partial charge on any atom is 0.255 e. The molecule has 0 aliphatic carbocycles. The van der Waals surface area contributed by atoms with Crippen LogP contribution in [0, 0.1) is 11.6 Å². The molecule has 0 spiro atoms. The summed E-state index contributed by atoms with van der Waals surface area (Å²) in [6.45, 7) is 1.99. The van der Waals surface area contributed by atoms with Crippen LogP contribution in [-0.2, 0) is 0 Å². The molecule has 1 aliphatic heterocycles. The number of aromatic nitrogens is 2. The highest BCUT2D eigenvalue weighted by Gasteiger charge is 2.14. The maximum atomic E-state index is 13.3. The molecular weight excluding hydrogens is 374 g/mol. The molecule has 29 heavy (non-hydrogen) atoms. The Bertz CT molecular complexity index is 997. The lowest BCUT2D eigenvalue weighted by atomic mass is 10.1. The van der Waals surface area contributed by atoms with Gasteiger partial charge in [0.05, 0.1) is 5.69 Å². The summed E-state index contributed by atoms with van der Waals surface area (Å²) >= 11 is 0. The number of hydrogen-bond donors (Lipinski definition) is 1. The summed E-state index contributed by atoms with van der Waals surface area (Å²) in [7, 11) is 0. The highest BCUT2D eigenvalue weighted by Crippen LogP contribution is 2.23. The Balaban J connectivity index is 1.49. The molecule has 0 atom stereocenters. The number of amides is 1. The van der Waals surface area contributed by atoms with E-state index in [9.17, 15) is 13.6 Å². The molecule has 1 aromatic heterocycles. The average Bonchev–Trinajstić information content (AvgIpc) is 2.74. The lowest BCUT2D eigenvalue weighted by Gasteiger charge is -2.27. The van der Waals surface area contributed by atoms with Crippen molar-refractivity contribution in [1.29, 1.82) is 0 Å². The Morgan fingerprint density at radius 3 is 2.28 bits per heavy atom. The Morgan fingerprint density at radius 2 is 1.59 bits per heavy atom. The van der Waals surface area contributed by atoms with Gasteiger partial charge in [0, 0.05) is 42.0 Å². The quantitative estimate of drug-likeness (QED) is 0.699. The van der Waals surface area contributed by atoms with Crippen LogP contribution in [0.1, 0.15) is 29.6 Å². The minimum absolute atomic E-state index is 0.0681. The van der Waals surface area contributed by atoms with Gasteiger partial charge in [0.1, 0.15) is 23.8 Å². The first-order valence-corrected chi connectivity index (χ1v) is 9.53. The molecule has 1 fully saturated rings. The van der Waals surface area contributed by atoms with E-state index in [0.717, 1.165) is 48.4 Å². The smallest absolute Gasteiger partial charge is 0.255 e. The molecule has 7 heteroatoms. The van der Waals surface area contributed by atoms with Crippen molar-refractivity contribution < 1.29 is 13.6 Å². The van der Waals surface area contributed by atoms with E-state index in [-0.39, 0.29) is 5.69 Å². The van der Waals surface area contributed by atoms with Gasteiger partial charge >= 0.3 is 0 Å². The lowest BCUT2D eigenvalue weighted by molar-refractivity contribution is 0.102. The second kappa shape index (κ2) is 8.34. The molecular formula is C22H20F2N4O. The molecule has 5 nitrogen and oxygen atoms in total. The van der Waals surface area contributed by atoms with Gasteiger partial charge in [0.2, 0.25) is 0 Å². The molecule has 1 aliphatic rings. The van der Waals surface area contributed by atoms with Crippen molar-refractivity contribution in [1.82, 2.24) is 9.97 Å². The van der Waals surface area contributed by atoms with Crippen molar-refractivity contribution in [3.05, 3.63) is 72.1 Å². The van der Waals surface area contributed by atoms with Crippen LogP contribution in [0.5, 0.6) is 0 Å². The zero-order chi connectivity index (χ0) is 20.2. The van der Waals surface area contributed by atoms with E-state index in [1.807, 2.05) is 6.07 Å². The molecule has 148 valence electrons. The molecule has 2 aromatic carbocycles. The van der Waals surface area contributed by atoms with E-state index in [1.54, 1.807) is 30.6 Å². The molecule has 0 saturated carbocycles. The molecule has 0 bridgehead atoms. The molecule has 0 radical (unpaired) electrons. The van der Waals surface area contributed by atoms with Gasteiger partial charge in [0.25, 0.3) is 5.91 Å². The fraction of sp³-hybridized carbons (Fsp3) is 0.227. The van der Waals surface area contributed by atoms with Gasteiger partial charge in [-0.15, -0.1) is 0 Å². The summed E-state index contributed by atoms with van der Waals surface area (Å²) < 4.78 is 26.6. The number of nitrogens with one attached hydrogen (secondary N) is 1. The van der Waals surface area contributed by atoms with Gasteiger partial charge in [-0.25, -0.2) is 18.7 Å². The van der Waals surface area contributed by atoms with Crippen LogP contribution in [0.3, 0.4) is 0 Å². The van der Waals surface area contributed by atoms with E-state index in [1.165, 1.54) is 19.3 Å². The minimum atomic E-state index is -0.746. The first-order valence-electron chi connectivity index (χ1n) is 9.53. The Labute approximate surface area is 167 Å². The first-order chi connectivity index (χ1) is 14.1. The fourth-order valence-electron chi connectivity index (χ4n) is 3.42. The predicted molar refractivity (Wildman–Crippen MR) is 108 cm³/mol. The molecule has 1 N–H and O–H groups in total. The number of nitrogens with zero attached hydrogens (tertiary/aromatic N) is 3. The molecule has 1 amide bonds.